The van der Waals surface area contributed by atoms with Crippen LogP contribution in [-0.2, 0) is 35.6 Å². The Morgan fingerprint density at radius 1 is 0.811 bits per heavy atom. The molecule has 0 aliphatic heterocycles. The summed E-state index contributed by atoms with van der Waals surface area (Å²) in [5.74, 6) is 0.231. The summed E-state index contributed by atoms with van der Waals surface area (Å²) in [6.45, 7) is 0.721. The average molecular weight is 503 g/mol. The Balaban J connectivity index is 1.38. The Hall–Kier alpha value is -4.40. The predicted molar refractivity (Wildman–Crippen MR) is 140 cm³/mol. The molecule has 9 nitrogen and oxygen atoms in total. The Kier molecular flexibility index (Phi) is 8.70. The molecule has 2 amide bonds. The van der Waals surface area contributed by atoms with Crippen molar-refractivity contribution in [3.63, 3.8) is 0 Å². The molecular formula is C28H30N4O5. The predicted octanol–water partition coefficient (Wildman–Crippen LogP) is 2.60. The number of amides is 2. The van der Waals surface area contributed by atoms with Gasteiger partial charge in [0.2, 0.25) is 11.8 Å². The van der Waals surface area contributed by atoms with Gasteiger partial charge < -0.3 is 15.1 Å². The van der Waals surface area contributed by atoms with Gasteiger partial charge in [0, 0.05) is 19.5 Å². The second-order valence-electron chi connectivity index (χ2n) is 8.74. The maximum Gasteiger partial charge on any atom is 0.331 e. The first kappa shape index (κ1) is 25.7. The number of hydrogen-bond donors (Lipinski definition) is 2. The van der Waals surface area contributed by atoms with E-state index < -0.39 is 11.2 Å². The van der Waals surface area contributed by atoms with Crippen LogP contribution >= 0.6 is 0 Å². The molecule has 0 unspecified atom stereocenters. The lowest BCUT2D eigenvalue weighted by Crippen LogP contribution is -2.43. The van der Waals surface area contributed by atoms with Crippen LogP contribution in [0.25, 0.3) is 10.9 Å². The van der Waals surface area contributed by atoms with Gasteiger partial charge in [-0.3, -0.25) is 23.5 Å². The topological polar surface area (TPSA) is 115 Å². The molecule has 2 aromatic heterocycles. The summed E-state index contributed by atoms with van der Waals surface area (Å²) in [6, 6.07) is 20.1. The molecule has 0 spiro atoms. The van der Waals surface area contributed by atoms with Gasteiger partial charge >= 0.3 is 5.69 Å². The zero-order valence-corrected chi connectivity index (χ0v) is 20.5. The molecule has 0 bridgehead atoms. The van der Waals surface area contributed by atoms with E-state index >= 15 is 0 Å². The number of aromatic nitrogens is 2. The molecule has 2 N–H and O–H groups in total. The Morgan fingerprint density at radius 3 is 2.38 bits per heavy atom. The summed E-state index contributed by atoms with van der Waals surface area (Å²) in [7, 11) is 0. The van der Waals surface area contributed by atoms with Crippen molar-refractivity contribution in [2.24, 2.45) is 0 Å². The van der Waals surface area contributed by atoms with Crippen LogP contribution in [-0.4, -0.2) is 27.5 Å². The van der Waals surface area contributed by atoms with E-state index in [9.17, 15) is 19.2 Å². The maximum absolute atomic E-state index is 13.3. The second-order valence-corrected chi connectivity index (χ2v) is 8.74. The van der Waals surface area contributed by atoms with Gasteiger partial charge in [-0.1, -0.05) is 42.5 Å². The normalized spacial score (nSPS) is 10.9. The zero-order chi connectivity index (χ0) is 26.0. The van der Waals surface area contributed by atoms with Crippen LogP contribution in [0.5, 0.6) is 0 Å². The Labute approximate surface area is 213 Å². The number of para-hydroxylation sites is 1. The van der Waals surface area contributed by atoms with E-state index in [0.29, 0.717) is 49.0 Å². The molecule has 4 rings (SSSR count). The lowest BCUT2D eigenvalue weighted by Gasteiger charge is -2.14. The number of fused-ring (bicyclic) bond motifs is 1. The first-order valence-electron chi connectivity index (χ1n) is 12.3. The largest absolute Gasteiger partial charge is 0.467 e. The highest BCUT2D eigenvalue weighted by atomic mass is 16.3. The van der Waals surface area contributed by atoms with Crippen molar-refractivity contribution in [3.8, 4) is 0 Å². The summed E-state index contributed by atoms with van der Waals surface area (Å²) >= 11 is 0. The van der Waals surface area contributed by atoms with E-state index in [4.69, 9.17) is 4.42 Å². The molecular weight excluding hydrogens is 472 g/mol. The first-order valence-corrected chi connectivity index (χ1v) is 12.3. The number of nitrogens with one attached hydrogen (secondary N) is 2. The fourth-order valence-corrected chi connectivity index (χ4v) is 4.15. The minimum absolute atomic E-state index is 0.133. The van der Waals surface area contributed by atoms with Gasteiger partial charge in [-0.05, 0) is 49.1 Å². The quantitative estimate of drug-likeness (QED) is 0.289. The maximum atomic E-state index is 13.3. The molecule has 0 aliphatic carbocycles. The molecule has 0 fully saturated rings. The van der Waals surface area contributed by atoms with Crippen molar-refractivity contribution in [1.82, 2.24) is 19.8 Å². The first-order chi connectivity index (χ1) is 18.0. The standard InChI is InChI=1S/C28H30N4O5/c33-25(30-19-22-11-8-18-37-22)14-6-7-17-31-27(35)23-12-4-5-13-24(23)32(28(31)36)20-26(34)29-16-15-21-9-2-1-3-10-21/h1-5,8-13,18H,6-7,14-17,19-20H2,(H,29,34)(H,30,33). The van der Waals surface area contributed by atoms with Gasteiger partial charge in [0.05, 0.1) is 23.7 Å². The van der Waals surface area contributed by atoms with Crippen molar-refractivity contribution in [2.45, 2.75) is 45.3 Å². The summed E-state index contributed by atoms with van der Waals surface area (Å²) in [5, 5.41) is 6.00. The van der Waals surface area contributed by atoms with Crippen LogP contribution in [0.1, 0.15) is 30.6 Å². The third-order valence-corrected chi connectivity index (χ3v) is 6.09. The van der Waals surface area contributed by atoms with Crippen molar-refractivity contribution >= 4 is 22.7 Å². The van der Waals surface area contributed by atoms with E-state index in [2.05, 4.69) is 10.6 Å². The average Bonchev–Trinajstić information content (AvgIpc) is 3.44. The summed E-state index contributed by atoms with van der Waals surface area (Å²) in [5.41, 5.74) is 0.589. The van der Waals surface area contributed by atoms with Crippen molar-refractivity contribution in [2.75, 3.05) is 6.54 Å². The monoisotopic (exact) mass is 502 g/mol. The van der Waals surface area contributed by atoms with Gasteiger partial charge in [-0.25, -0.2) is 4.79 Å². The fourth-order valence-electron chi connectivity index (χ4n) is 4.15. The molecule has 0 radical (unpaired) electrons. The number of benzene rings is 2. The molecule has 4 aromatic rings. The molecule has 0 saturated heterocycles. The number of nitrogens with zero attached hydrogens (tertiary/aromatic N) is 2. The van der Waals surface area contributed by atoms with Gasteiger partial charge in [0.1, 0.15) is 12.3 Å². The van der Waals surface area contributed by atoms with Gasteiger partial charge in [-0.15, -0.1) is 0 Å². The lowest BCUT2D eigenvalue weighted by atomic mass is 10.1. The smallest absolute Gasteiger partial charge is 0.331 e. The molecule has 192 valence electrons. The number of furan rings is 1. The van der Waals surface area contributed by atoms with Crippen LogP contribution in [0, 0.1) is 0 Å². The lowest BCUT2D eigenvalue weighted by molar-refractivity contribution is -0.122. The fraction of sp³-hybridized carbons (Fsp3) is 0.286. The van der Waals surface area contributed by atoms with Crippen molar-refractivity contribution in [1.29, 1.82) is 0 Å². The van der Waals surface area contributed by atoms with Crippen LogP contribution in [0.4, 0.5) is 0 Å². The van der Waals surface area contributed by atoms with Crippen molar-refractivity contribution < 1.29 is 14.0 Å². The molecule has 9 heteroatoms. The minimum Gasteiger partial charge on any atom is -0.467 e. The van der Waals surface area contributed by atoms with Crippen molar-refractivity contribution in [3.05, 3.63) is 105 Å². The molecule has 37 heavy (non-hydrogen) atoms. The van der Waals surface area contributed by atoms with E-state index in [1.165, 1.54) is 4.57 Å². The molecule has 0 aliphatic rings. The van der Waals surface area contributed by atoms with Crippen LogP contribution in [0.15, 0.2) is 87.0 Å². The van der Waals surface area contributed by atoms with Gasteiger partial charge in [-0.2, -0.15) is 0 Å². The Bertz CT molecular complexity index is 1460. The van der Waals surface area contributed by atoms with E-state index in [1.807, 2.05) is 30.3 Å². The number of rotatable bonds is 12. The zero-order valence-electron chi connectivity index (χ0n) is 20.5. The molecule has 0 atom stereocenters. The molecule has 0 saturated carbocycles. The van der Waals surface area contributed by atoms with Gasteiger partial charge in [0.25, 0.3) is 5.56 Å². The number of carbonyl (C=O) groups is 2. The SMILES string of the molecule is O=C(CCCCn1c(=O)c2ccccc2n(CC(=O)NCCc2ccccc2)c1=O)NCc1ccco1. The Morgan fingerprint density at radius 2 is 1.59 bits per heavy atom. The number of carbonyl (C=O) groups excluding carboxylic acids is 2. The van der Waals surface area contributed by atoms with E-state index in [0.717, 1.165) is 10.1 Å². The molecule has 2 heterocycles. The minimum atomic E-state index is -0.538. The van der Waals surface area contributed by atoms with Crippen LogP contribution < -0.4 is 21.9 Å². The second kappa shape index (κ2) is 12.5. The highest BCUT2D eigenvalue weighted by molar-refractivity contribution is 5.81. The summed E-state index contributed by atoms with van der Waals surface area (Å²) in [4.78, 5) is 51.0. The summed E-state index contributed by atoms with van der Waals surface area (Å²) < 4.78 is 7.68. The third-order valence-electron chi connectivity index (χ3n) is 6.09. The number of hydrogen-bond acceptors (Lipinski definition) is 5. The molecule has 2 aromatic carbocycles. The van der Waals surface area contributed by atoms with Crippen LogP contribution in [0.3, 0.4) is 0 Å². The highest BCUT2D eigenvalue weighted by Gasteiger charge is 2.15. The third kappa shape index (κ3) is 6.84. The van der Waals surface area contributed by atoms with Gasteiger partial charge in [0.15, 0.2) is 0 Å². The van der Waals surface area contributed by atoms with E-state index in [1.54, 1.807) is 42.7 Å². The highest BCUT2D eigenvalue weighted by Crippen LogP contribution is 2.08. The van der Waals surface area contributed by atoms with Crippen LogP contribution in [0.2, 0.25) is 0 Å². The van der Waals surface area contributed by atoms with E-state index in [-0.39, 0.29) is 31.3 Å². The summed E-state index contributed by atoms with van der Waals surface area (Å²) in [6.07, 6.45) is 3.45. The number of unbranched alkanes of at least 4 members (excludes halogenated alkanes) is 1.